The Morgan fingerprint density at radius 1 is 0.742 bits per heavy atom. The van der Waals surface area contributed by atoms with Crippen LogP contribution in [0.2, 0.25) is 0 Å². The fourth-order valence-corrected chi connectivity index (χ4v) is 1.96. The average molecular weight is 437 g/mol. The zero-order valence-electron chi connectivity index (χ0n) is 16.4. The summed E-state index contributed by atoms with van der Waals surface area (Å²) in [6.07, 6.45) is -0.0458. The van der Waals surface area contributed by atoms with Gasteiger partial charge in [0.15, 0.2) is 0 Å². The maximum atomic E-state index is 11.6. The molecular weight excluding hydrogens is 414 g/mol. The van der Waals surface area contributed by atoms with Crippen molar-refractivity contribution in [1.82, 2.24) is 27.0 Å². The Labute approximate surface area is 176 Å². The average Bonchev–Trinajstić information content (AvgIpc) is 2.75. The maximum Gasteiger partial charge on any atom is 0.358 e. The van der Waals surface area contributed by atoms with Crippen LogP contribution in [0.4, 0.5) is 0 Å². The zero-order valence-corrected chi connectivity index (χ0v) is 16.4. The van der Waals surface area contributed by atoms with Crippen LogP contribution in [-0.4, -0.2) is 60.3 Å². The minimum atomic E-state index is -1.02. The molecule has 4 amide bonds. The van der Waals surface area contributed by atoms with Crippen LogP contribution in [0.25, 0.3) is 0 Å². The molecule has 0 spiro atoms. The van der Waals surface area contributed by atoms with Crippen molar-refractivity contribution < 1.29 is 38.7 Å². The molecule has 0 aliphatic heterocycles. The van der Waals surface area contributed by atoms with Gasteiger partial charge in [-0.05, 0) is 18.6 Å². The van der Waals surface area contributed by atoms with Crippen LogP contribution in [0.1, 0.15) is 29.6 Å². The van der Waals surface area contributed by atoms with Crippen LogP contribution in [0.5, 0.6) is 0 Å². The van der Waals surface area contributed by atoms with Gasteiger partial charge in [-0.1, -0.05) is 23.8 Å². The molecule has 0 bridgehead atoms. The topological polar surface area (TPSA) is 192 Å². The first-order valence-electron chi connectivity index (χ1n) is 9.10. The molecule has 0 heterocycles. The molecule has 1 rings (SSSR count). The first-order chi connectivity index (χ1) is 14.8. The fraction of sp³-hybridized carbons (Fsp3) is 0.333. The standard InChI is InChI=1S/C18H23N5O8/c24-13(7-4-8-17(28)29)19-9-14(25)20-10-15(26)21-11-16(27)22-23-31-18(30)12-5-2-1-3-6-12/h1-3,5-6,23H,4,7-11H2,(H,19,24)(H,20,25)(H,21,26)(H,22,27)(H,28,29). The minimum absolute atomic E-state index is 0.0378. The van der Waals surface area contributed by atoms with Gasteiger partial charge in [-0.25, -0.2) is 4.79 Å². The summed E-state index contributed by atoms with van der Waals surface area (Å²) in [5.41, 5.74) is 4.27. The summed E-state index contributed by atoms with van der Waals surface area (Å²) >= 11 is 0. The summed E-state index contributed by atoms with van der Waals surface area (Å²) in [4.78, 5) is 72.7. The second kappa shape index (κ2) is 14.1. The molecule has 0 atom stereocenters. The number of aliphatic carboxylic acids is 1. The number of rotatable bonds is 13. The van der Waals surface area contributed by atoms with Crippen molar-refractivity contribution in [3.8, 4) is 0 Å². The molecular formula is C18H23N5O8. The van der Waals surface area contributed by atoms with E-state index in [-0.39, 0.29) is 31.4 Å². The quantitative estimate of drug-likeness (QED) is 0.189. The first-order valence-corrected chi connectivity index (χ1v) is 9.10. The van der Waals surface area contributed by atoms with E-state index in [9.17, 15) is 28.8 Å². The van der Waals surface area contributed by atoms with Gasteiger partial charge in [0, 0.05) is 12.8 Å². The van der Waals surface area contributed by atoms with E-state index in [0.29, 0.717) is 0 Å². The lowest BCUT2D eigenvalue weighted by Crippen LogP contribution is -2.47. The molecule has 168 valence electrons. The summed E-state index contributed by atoms with van der Waals surface area (Å²) in [6.45, 7) is -1.27. The van der Waals surface area contributed by atoms with Crippen LogP contribution in [0, 0.1) is 0 Å². The summed E-state index contributed by atoms with van der Waals surface area (Å²) < 4.78 is 0. The number of hydrazine groups is 1. The van der Waals surface area contributed by atoms with Gasteiger partial charge in [0.05, 0.1) is 25.2 Å². The van der Waals surface area contributed by atoms with E-state index in [4.69, 9.17) is 5.11 Å². The molecule has 0 unspecified atom stereocenters. The van der Waals surface area contributed by atoms with Crippen molar-refractivity contribution >= 4 is 35.6 Å². The Morgan fingerprint density at radius 3 is 1.87 bits per heavy atom. The number of nitrogens with one attached hydrogen (secondary N) is 5. The minimum Gasteiger partial charge on any atom is -0.481 e. The van der Waals surface area contributed by atoms with Crippen LogP contribution in [0.15, 0.2) is 30.3 Å². The molecule has 0 aliphatic rings. The normalized spacial score (nSPS) is 9.81. The smallest absolute Gasteiger partial charge is 0.358 e. The number of carboxylic acid groups (broad SMARTS) is 1. The highest BCUT2D eigenvalue weighted by Crippen LogP contribution is 1.99. The Hall–Kier alpha value is -4.00. The Morgan fingerprint density at radius 2 is 1.29 bits per heavy atom. The van der Waals surface area contributed by atoms with Crippen molar-refractivity contribution in [2.75, 3.05) is 19.6 Å². The second-order valence-electron chi connectivity index (χ2n) is 5.98. The van der Waals surface area contributed by atoms with Gasteiger partial charge < -0.3 is 25.9 Å². The lowest BCUT2D eigenvalue weighted by Gasteiger charge is -2.09. The predicted octanol–water partition coefficient (Wildman–Crippen LogP) is -2.02. The monoisotopic (exact) mass is 437 g/mol. The molecule has 0 radical (unpaired) electrons. The molecule has 0 fully saturated rings. The fourth-order valence-electron chi connectivity index (χ4n) is 1.96. The number of hydrogen-bond acceptors (Lipinski definition) is 8. The van der Waals surface area contributed by atoms with E-state index < -0.39 is 48.7 Å². The summed E-state index contributed by atoms with van der Waals surface area (Å²) in [7, 11) is 0. The van der Waals surface area contributed by atoms with Crippen molar-refractivity contribution in [2.45, 2.75) is 19.3 Å². The Kier molecular flexibility index (Phi) is 11.4. The SMILES string of the molecule is O=C(O)CCCC(=O)NCC(=O)NCC(=O)NCC(=O)NNOC(=O)c1ccccc1. The number of carbonyl (C=O) groups excluding carboxylic acids is 5. The van der Waals surface area contributed by atoms with Gasteiger partial charge >= 0.3 is 11.9 Å². The highest BCUT2D eigenvalue weighted by molar-refractivity contribution is 5.90. The van der Waals surface area contributed by atoms with Crippen LogP contribution >= 0.6 is 0 Å². The van der Waals surface area contributed by atoms with Crippen molar-refractivity contribution in [1.29, 1.82) is 0 Å². The van der Waals surface area contributed by atoms with Gasteiger partial charge in [-0.15, -0.1) is 0 Å². The summed E-state index contributed by atoms with van der Waals surface area (Å²) in [5.74, 6) is -4.25. The Balaban J connectivity index is 2.10. The van der Waals surface area contributed by atoms with E-state index in [1.54, 1.807) is 18.2 Å². The first kappa shape index (κ1) is 25.0. The highest BCUT2D eigenvalue weighted by Gasteiger charge is 2.10. The van der Waals surface area contributed by atoms with Crippen LogP contribution < -0.4 is 27.0 Å². The lowest BCUT2D eigenvalue weighted by atomic mass is 10.2. The van der Waals surface area contributed by atoms with E-state index in [2.05, 4.69) is 20.8 Å². The third kappa shape index (κ3) is 12.2. The van der Waals surface area contributed by atoms with E-state index >= 15 is 0 Å². The molecule has 0 aliphatic carbocycles. The number of benzene rings is 1. The van der Waals surface area contributed by atoms with Gasteiger partial charge in [-0.3, -0.25) is 29.4 Å². The lowest BCUT2D eigenvalue weighted by molar-refractivity contribution is -0.137. The molecule has 0 aromatic heterocycles. The molecule has 6 N–H and O–H groups in total. The number of carbonyl (C=O) groups is 6. The predicted molar refractivity (Wildman–Crippen MR) is 104 cm³/mol. The summed E-state index contributed by atoms with van der Waals surface area (Å²) in [5, 5.41) is 15.2. The van der Waals surface area contributed by atoms with Crippen molar-refractivity contribution in [3.05, 3.63) is 35.9 Å². The summed E-state index contributed by atoms with van der Waals surface area (Å²) in [6, 6.07) is 8.04. The van der Waals surface area contributed by atoms with Crippen LogP contribution in [0.3, 0.4) is 0 Å². The third-order valence-corrected chi connectivity index (χ3v) is 3.48. The number of carboxylic acids is 1. The van der Waals surface area contributed by atoms with Gasteiger partial charge in [-0.2, -0.15) is 0 Å². The van der Waals surface area contributed by atoms with Gasteiger partial charge in [0.25, 0.3) is 5.91 Å². The van der Waals surface area contributed by atoms with Gasteiger partial charge in [0.1, 0.15) is 0 Å². The molecule has 0 saturated heterocycles. The van der Waals surface area contributed by atoms with Crippen molar-refractivity contribution in [2.24, 2.45) is 0 Å². The third-order valence-electron chi connectivity index (χ3n) is 3.48. The largest absolute Gasteiger partial charge is 0.481 e. The molecule has 1 aromatic rings. The number of amides is 4. The zero-order chi connectivity index (χ0) is 23.1. The molecule has 13 nitrogen and oxygen atoms in total. The molecule has 13 heteroatoms. The van der Waals surface area contributed by atoms with Gasteiger partial charge in [0.2, 0.25) is 17.7 Å². The molecule has 0 saturated carbocycles. The van der Waals surface area contributed by atoms with E-state index in [1.807, 2.05) is 11.0 Å². The maximum absolute atomic E-state index is 11.6. The Bertz CT molecular complexity index is 799. The van der Waals surface area contributed by atoms with Crippen molar-refractivity contribution in [3.63, 3.8) is 0 Å². The second-order valence-corrected chi connectivity index (χ2v) is 5.98. The highest BCUT2D eigenvalue weighted by atomic mass is 16.7. The van der Waals surface area contributed by atoms with E-state index in [1.165, 1.54) is 12.1 Å². The molecule has 31 heavy (non-hydrogen) atoms. The number of hydrogen-bond donors (Lipinski definition) is 6. The molecule has 1 aromatic carbocycles. The van der Waals surface area contributed by atoms with E-state index in [0.717, 1.165) is 0 Å². The van der Waals surface area contributed by atoms with Crippen LogP contribution in [-0.2, 0) is 28.8 Å².